The number of hydrogen-bond donors (Lipinski definition) is 0. The van der Waals surface area contributed by atoms with E-state index in [2.05, 4.69) is 10.2 Å². The average Bonchev–Trinajstić information content (AvgIpc) is 3.43. The standard InChI is InChI=1S/C21H17ClFN3O2/c22-18-7-2-1-6-17(18)21-25-24-19(28-21)13-26(16-9-10-16)20(27)11-8-14-4-3-5-15(23)12-14/h1-8,11-12,16H,9-10,13H2/b11-8+. The zero-order valence-corrected chi connectivity index (χ0v) is 15.6. The van der Waals surface area contributed by atoms with E-state index in [9.17, 15) is 9.18 Å². The van der Waals surface area contributed by atoms with Crippen LogP contribution in [0.25, 0.3) is 17.5 Å². The lowest BCUT2D eigenvalue weighted by Gasteiger charge is -2.18. The van der Waals surface area contributed by atoms with Crippen LogP contribution in [0.1, 0.15) is 24.3 Å². The van der Waals surface area contributed by atoms with Gasteiger partial charge < -0.3 is 9.32 Å². The van der Waals surface area contributed by atoms with Crippen molar-refractivity contribution in [2.24, 2.45) is 0 Å². The topological polar surface area (TPSA) is 59.2 Å². The number of hydrogen-bond acceptors (Lipinski definition) is 4. The van der Waals surface area contributed by atoms with E-state index in [1.165, 1.54) is 18.2 Å². The zero-order chi connectivity index (χ0) is 19.5. The van der Waals surface area contributed by atoms with Crippen LogP contribution < -0.4 is 0 Å². The third kappa shape index (κ3) is 4.28. The van der Waals surface area contributed by atoms with Crippen molar-refractivity contribution >= 4 is 23.6 Å². The molecule has 4 rings (SSSR count). The van der Waals surface area contributed by atoms with Crippen LogP contribution in [-0.2, 0) is 11.3 Å². The summed E-state index contributed by atoms with van der Waals surface area (Å²) in [7, 11) is 0. The maximum atomic E-state index is 13.3. The Morgan fingerprint density at radius 1 is 1.21 bits per heavy atom. The molecule has 1 heterocycles. The van der Waals surface area contributed by atoms with Crippen LogP contribution in [0.2, 0.25) is 5.02 Å². The normalized spacial score (nSPS) is 13.8. The Balaban J connectivity index is 1.49. The Bertz CT molecular complexity index is 1030. The first-order chi connectivity index (χ1) is 13.6. The summed E-state index contributed by atoms with van der Waals surface area (Å²) < 4.78 is 19.0. The summed E-state index contributed by atoms with van der Waals surface area (Å²) in [6.07, 6.45) is 4.92. The van der Waals surface area contributed by atoms with Crippen LogP contribution in [0.4, 0.5) is 4.39 Å². The number of rotatable bonds is 6. The lowest BCUT2D eigenvalue weighted by Crippen LogP contribution is -2.31. The van der Waals surface area contributed by atoms with Gasteiger partial charge in [0, 0.05) is 12.1 Å². The minimum Gasteiger partial charge on any atom is -0.419 e. The van der Waals surface area contributed by atoms with Crippen molar-refractivity contribution in [2.45, 2.75) is 25.4 Å². The van der Waals surface area contributed by atoms with Crippen LogP contribution in [-0.4, -0.2) is 27.0 Å². The van der Waals surface area contributed by atoms with E-state index in [0.717, 1.165) is 12.8 Å². The molecule has 0 bridgehead atoms. The van der Waals surface area contributed by atoms with Gasteiger partial charge in [0.25, 0.3) is 0 Å². The maximum Gasteiger partial charge on any atom is 0.249 e. The second-order valence-corrected chi connectivity index (χ2v) is 6.97. The number of amides is 1. The predicted molar refractivity (Wildman–Crippen MR) is 104 cm³/mol. The van der Waals surface area contributed by atoms with Crippen molar-refractivity contribution < 1.29 is 13.6 Å². The molecule has 7 heteroatoms. The van der Waals surface area contributed by atoms with E-state index >= 15 is 0 Å². The quantitative estimate of drug-likeness (QED) is 0.564. The summed E-state index contributed by atoms with van der Waals surface area (Å²) in [4.78, 5) is 14.3. The Morgan fingerprint density at radius 3 is 2.79 bits per heavy atom. The molecule has 0 radical (unpaired) electrons. The van der Waals surface area contributed by atoms with Crippen molar-refractivity contribution in [2.75, 3.05) is 0 Å². The minimum absolute atomic E-state index is 0.153. The summed E-state index contributed by atoms with van der Waals surface area (Å²) in [5, 5.41) is 8.62. The second kappa shape index (κ2) is 7.94. The smallest absolute Gasteiger partial charge is 0.249 e. The first-order valence-electron chi connectivity index (χ1n) is 8.92. The van der Waals surface area contributed by atoms with Crippen molar-refractivity contribution in [3.63, 3.8) is 0 Å². The highest BCUT2D eigenvalue weighted by molar-refractivity contribution is 6.33. The fourth-order valence-corrected chi connectivity index (χ4v) is 3.07. The third-order valence-corrected chi connectivity index (χ3v) is 4.74. The van der Waals surface area contributed by atoms with Gasteiger partial charge in [-0.15, -0.1) is 10.2 Å². The molecule has 1 aliphatic rings. The molecule has 5 nitrogen and oxygen atoms in total. The molecule has 1 fully saturated rings. The van der Waals surface area contributed by atoms with E-state index in [1.54, 1.807) is 35.2 Å². The van der Waals surface area contributed by atoms with Gasteiger partial charge in [-0.3, -0.25) is 4.79 Å². The van der Waals surface area contributed by atoms with Gasteiger partial charge in [0.2, 0.25) is 17.7 Å². The molecular formula is C21H17ClFN3O2. The predicted octanol–water partition coefficient (Wildman–Crippen LogP) is 4.73. The molecule has 1 saturated carbocycles. The zero-order valence-electron chi connectivity index (χ0n) is 14.9. The van der Waals surface area contributed by atoms with Crippen LogP contribution >= 0.6 is 11.6 Å². The molecular weight excluding hydrogens is 381 g/mol. The van der Waals surface area contributed by atoms with E-state index in [-0.39, 0.29) is 24.3 Å². The van der Waals surface area contributed by atoms with Gasteiger partial charge >= 0.3 is 0 Å². The summed E-state index contributed by atoms with van der Waals surface area (Å²) in [5.74, 6) is 0.143. The number of benzene rings is 2. The van der Waals surface area contributed by atoms with E-state index in [0.29, 0.717) is 27.9 Å². The molecule has 142 valence electrons. The lowest BCUT2D eigenvalue weighted by atomic mass is 10.2. The van der Waals surface area contributed by atoms with Crippen LogP contribution in [0, 0.1) is 5.82 Å². The third-order valence-electron chi connectivity index (χ3n) is 4.41. The van der Waals surface area contributed by atoms with Gasteiger partial charge in [-0.1, -0.05) is 35.9 Å². The Kier molecular flexibility index (Phi) is 5.21. The first-order valence-corrected chi connectivity index (χ1v) is 9.29. The fourth-order valence-electron chi connectivity index (χ4n) is 2.85. The van der Waals surface area contributed by atoms with Gasteiger partial charge in [0.05, 0.1) is 17.1 Å². The summed E-state index contributed by atoms with van der Waals surface area (Å²) in [5.41, 5.74) is 1.28. The largest absolute Gasteiger partial charge is 0.419 e. The van der Waals surface area contributed by atoms with Gasteiger partial charge in [0.15, 0.2) is 0 Å². The number of carbonyl (C=O) groups excluding carboxylic acids is 1. The van der Waals surface area contributed by atoms with E-state index in [4.69, 9.17) is 16.0 Å². The molecule has 3 aromatic rings. The maximum absolute atomic E-state index is 13.3. The monoisotopic (exact) mass is 397 g/mol. The molecule has 0 spiro atoms. The molecule has 0 unspecified atom stereocenters. The van der Waals surface area contributed by atoms with Crippen LogP contribution in [0.3, 0.4) is 0 Å². The van der Waals surface area contributed by atoms with Gasteiger partial charge in [-0.05, 0) is 48.7 Å². The van der Waals surface area contributed by atoms with Crippen LogP contribution in [0.15, 0.2) is 59.0 Å². The van der Waals surface area contributed by atoms with Crippen molar-refractivity contribution in [1.29, 1.82) is 0 Å². The molecule has 28 heavy (non-hydrogen) atoms. The number of aromatic nitrogens is 2. The van der Waals surface area contributed by atoms with Gasteiger partial charge in [0.1, 0.15) is 5.82 Å². The van der Waals surface area contributed by atoms with Crippen molar-refractivity contribution in [3.8, 4) is 11.5 Å². The fraction of sp³-hybridized carbons (Fsp3) is 0.190. The Morgan fingerprint density at radius 2 is 2.04 bits per heavy atom. The molecule has 1 aromatic heterocycles. The Hall–Kier alpha value is -2.99. The van der Waals surface area contributed by atoms with E-state index in [1.807, 2.05) is 12.1 Å². The van der Waals surface area contributed by atoms with Crippen molar-refractivity contribution in [3.05, 3.63) is 76.9 Å². The molecule has 0 atom stereocenters. The molecule has 2 aromatic carbocycles. The molecule has 0 aliphatic heterocycles. The number of carbonyl (C=O) groups is 1. The SMILES string of the molecule is O=C(/C=C/c1cccc(F)c1)N(Cc1nnc(-c2ccccc2Cl)o1)C1CC1. The highest BCUT2D eigenvalue weighted by atomic mass is 35.5. The summed E-state index contributed by atoms with van der Waals surface area (Å²) in [6, 6.07) is 13.4. The van der Waals surface area contributed by atoms with Crippen LogP contribution in [0.5, 0.6) is 0 Å². The summed E-state index contributed by atoms with van der Waals surface area (Å²) >= 11 is 6.17. The Labute approximate surface area is 166 Å². The lowest BCUT2D eigenvalue weighted by molar-refractivity contribution is -0.127. The minimum atomic E-state index is -0.341. The highest BCUT2D eigenvalue weighted by Crippen LogP contribution is 2.30. The van der Waals surface area contributed by atoms with E-state index < -0.39 is 0 Å². The van der Waals surface area contributed by atoms with Gasteiger partial charge in [-0.25, -0.2) is 4.39 Å². The average molecular weight is 398 g/mol. The molecule has 0 saturated heterocycles. The number of halogens is 2. The molecule has 1 amide bonds. The molecule has 0 N–H and O–H groups in total. The van der Waals surface area contributed by atoms with Gasteiger partial charge in [-0.2, -0.15) is 0 Å². The second-order valence-electron chi connectivity index (χ2n) is 6.57. The first kappa shape index (κ1) is 18.4. The highest BCUT2D eigenvalue weighted by Gasteiger charge is 2.32. The molecule has 1 aliphatic carbocycles. The summed E-state index contributed by atoms with van der Waals surface area (Å²) in [6.45, 7) is 0.217. The number of nitrogens with zero attached hydrogens (tertiary/aromatic N) is 3. The van der Waals surface area contributed by atoms with Crippen molar-refractivity contribution in [1.82, 2.24) is 15.1 Å².